The summed E-state index contributed by atoms with van der Waals surface area (Å²) in [5, 5.41) is 3.62. The molecule has 1 heterocycles. The van der Waals surface area contributed by atoms with Crippen LogP contribution in [0.15, 0.2) is 30.3 Å². The third kappa shape index (κ3) is 3.11. The highest BCUT2D eigenvalue weighted by Crippen LogP contribution is 2.20. The van der Waals surface area contributed by atoms with Crippen molar-refractivity contribution in [2.45, 2.75) is 13.3 Å². The van der Waals surface area contributed by atoms with Crippen molar-refractivity contribution in [2.24, 2.45) is 0 Å². The van der Waals surface area contributed by atoms with Crippen LogP contribution in [-0.2, 0) is 6.42 Å². The molecule has 0 saturated carbocycles. The fraction of sp³-hybridized carbons (Fsp3) is 0.231. The van der Waals surface area contributed by atoms with Gasteiger partial charge in [0, 0.05) is 18.2 Å². The number of halogens is 1. The van der Waals surface area contributed by atoms with Gasteiger partial charge in [-0.2, -0.15) is 0 Å². The Morgan fingerprint density at radius 2 is 1.94 bits per heavy atom. The molecular formula is C13H14ClN3O. The van der Waals surface area contributed by atoms with Crippen LogP contribution in [0.4, 0.5) is 11.5 Å². The number of ether oxygens (including phenoxy) is 1. The van der Waals surface area contributed by atoms with Crippen molar-refractivity contribution in [1.29, 1.82) is 0 Å². The van der Waals surface area contributed by atoms with E-state index < -0.39 is 0 Å². The Morgan fingerprint density at radius 1 is 1.22 bits per heavy atom. The van der Waals surface area contributed by atoms with Crippen LogP contribution in [0, 0.1) is 0 Å². The summed E-state index contributed by atoms with van der Waals surface area (Å²) in [6.07, 6.45) is 0.748. The molecule has 2 aromatic rings. The molecule has 1 aromatic carbocycles. The standard InChI is InChI=1S/C13H14ClN3O/c1-3-12-16-11(14)8-13(17-12)15-9-4-6-10(18-2)7-5-9/h4-8H,3H2,1-2H3,(H,15,16,17). The van der Waals surface area contributed by atoms with Crippen LogP contribution >= 0.6 is 11.6 Å². The quantitative estimate of drug-likeness (QED) is 0.859. The zero-order chi connectivity index (χ0) is 13.0. The van der Waals surface area contributed by atoms with Crippen molar-refractivity contribution in [1.82, 2.24) is 9.97 Å². The molecule has 0 amide bonds. The van der Waals surface area contributed by atoms with E-state index in [4.69, 9.17) is 16.3 Å². The third-order valence-corrected chi connectivity index (χ3v) is 2.61. The number of aryl methyl sites for hydroxylation is 1. The number of rotatable bonds is 4. The molecule has 4 nitrogen and oxygen atoms in total. The maximum Gasteiger partial charge on any atom is 0.135 e. The van der Waals surface area contributed by atoms with Gasteiger partial charge in [0.2, 0.25) is 0 Å². The first kappa shape index (κ1) is 12.6. The summed E-state index contributed by atoms with van der Waals surface area (Å²) < 4.78 is 5.10. The second-order valence-electron chi connectivity index (χ2n) is 3.70. The molecule has 5 heteroatoms. The lowest BCUT2D eigenvalue weighted by Gasteiger charge is -2.08. The fourth-order valence-electron chi connectivity index (χ4n) is 1.51. The fourth-order valence-corrected chi connectivity index (χ4v) is 1.71. The number of benzene rings is 1. The molecule has 94 valence electrons. The molecule has 1 N–H and O–H groups in total. The molecular weight excluding hydrogens is 250 g/mol. The van der Waals surface area contributed by atoms with Crippen LogP contribution in [0.1, 0.15) is 12.7 Å². The summed E-state index contributed by atoms with van der Waals surface area (Å²) in [5.41, 5.74) is 0.924. The summed E-state index contributed by atoms with van der Waals surface area (Å²) >= 11 is 5.93. The van der Waals surface area contributed by atoms with Gasteiger partial charge in [-0.15, -0.1) is 0 Å². The number of nitrogens with zero attached hydrogens (tertiary/aromatic N) is 2. The van der Waals surface area contributed by atoms with E-state index in [9.17, 15) is 0 Å². The number of methoxy groups -OCH3 is 1. The van der Waals surface area contributed by atoms with Gasteiger partial charge in [-0.25, -0.2) is 9.97 Å². The van der Waals surface area contributed by atoms with Crippen LogP contribution in [0.2, 0.25) is 5.15 Å². The Morgan fingerprint density at radius 3 is 2.56 bits per heavy atom. The van der Waals surface area contributed by atoms with Crippen molar-refractivity contribution in [3.8, 4) is 5.75 Å². The van der Waals surface area contributed by atoms with Crippen molar-refractivity contribution >= 4 is 23.1 Å². The van der Waals surface area contributed by atoms with Gasteiger partial charge in [0.15, 0.2) is 0 Å². The van der Waals surface area contributed by atoms with Gasteiger partial charge in [0.1, 0.15) is 22.5 Å². The number of nitrogens with one attached hydrogen (secondary N) is 1. The first-order chi connectivity index (χ1) is 8.71. The van der Waals surface area contributed by atoms with Gasteiger partial charge in [0.05, 0.1) is 7.11 Å². The molecule has 0 bridgehead atoms. The molecule has 0 unspecified atom stereocenters. The van der Waals surface area contributed by atoms with Crippen LogP contribution < -0.4 is 10.1 Å². The van der Waals surface area contributed by atoms with Crippen molar-refractivity contribution in [3.05, 3.63) is 41.3 Å². The zero-order valence-corrected chi connectivity index (χ0v) is 11.0. The van der Waals surface area contributed by atoms with Crippen LogP contribution in [0.5, 0.6) is 5.75 Å². The molecule has 0 aliphatic carbocycles. The van der Waals surface area contributed by atoms with Gasteiger partial charge < -0.3 is 10.1 Å². The maximum atomic E-state index is 5.93. The van der Waals surface area contributed by atoms with Gasteiger partial charge in [-0.05, 0) is 24.3 Å². The minimum Gasteiger partial charge on any atom is -0.497 e. The molecule has 0 radical (unpaired) electrons. The first-order valence-electron chi connectivity index (χ1n) is 5.66. The summed E-state index contributed by atoms with van der Waals surface area (Å²) in [6.45, 7) is 1.99. The normalized spacial score (nSPS) is 10.2. The second kappa shape index (κ2) is 5.69. The molecule has 2 rings (SSSR count). The van der Waals surface area contributed by atoms with E-state index >= 15 is 0 Å². The third-order valence-electron chi connectivity index (χ3n) is 2.42. The predicted octanol–water partition coefficient (Wildman–Crippen LogP) is 3.44. The van der Waals surface area contributed by atoms with Crippen LogP contribution in [-0.4, -0.2) is 17.1 Å². The van der Waals surface area contributed by atoms with E-state index in [1.807, 2.05) is 31.2 Å². The van der Waals surface area contributed by atoms with E-state index in [0.717, 1.165) is 23.7 Å². The highest BCUT2D eigenvalue weighted by atomic mass is 35.5. The lowest BCUT2D eigenvalue weighted by atomic mass is 10.3. The van der Waals surface area contributed by atoms with Crippen molar-refractivity contribution in [2.75, 3.05) is 12.4 Å². The Kier molecular flexibility index (Phi) is 3.99. The molecule has 0 aliphatic rings. The van der Waals surface area contributed by atoms with Gasteiger partial charge >= 0.3 is 0 Å². The summed E-state index contributed by atoms with van der Waals surface area (Å²) in [7, 11) is 1.64. The van der Waals surface area contributed by atoms with Crippen LogP contribution in [0.25, 0.3) is 0 Å². The zero-order valence-electron chi connectivity index (χ0n) is 10.3. The van der Waals surface area contributed by atoms with Gasteiger partial charge in [0.25, 0.3) is 0 Å². The SMILES string of the molecule is CCc1nc(Cl)cc(Nc2ccc(OC)cc2)n1. The molecule has 0 saturated heterocycles. The summed E-state index contributed by atoms with van der Waals surface area (Å²) in [6, 6.07) is 9.30. The molecule has 0 atom stereocenters. The number of hydrogen-bond donors (Lipinski definition) is 1. The van der Waals surface area contributed by atoms with Gasteiger partial charge in [-0.3, -0.25) is 0 Å². The lowest BCUT2D eigenvalue weighted by molar-refractivity contribution is 0.415. The topological polar surface area (TPSA) is 47.0 Å². The lowest BCUT2D eigenvalue weighted by Crippen LogP contribution is -1.99. The Balaban J connectivity index is 2.19. The van der Waals surface area contributed by atoms with E-state index in [-0.39, 0.29) is 0 Å². The number of hydrogen-bond acceptors (Lipinski definition) is 4. The minimum atomic E-state index is 0.442. The monoisotopic (exact) mass is 263 g/mol. The number of aromatic nitrogens is 2. The molecule has 1 aromatic heterocycles. The molecule has 0 spiro atoms. The van der Waals surface area contributed by atoms with Gasteiger partial charge in [-0.1, -0.05) is 18.5 Å². The maximum absolute atomic E-state index is 5.93. The highest BCUT2D eigenvalue weighted by molar-refractivity contribution is 6.29. The predicted molar refractivity (Wildman–Crippen MR) is 72.7 cm³/mol. The molecule has 0 fully saturated rings. The van der Waals surface area contributed by atoms with E-state index in [2.05, 4.69) is 15.3 Å². The Hall–Kier alpha value is -1.81. The van der Waals surface area contributed by atoms with Crippen molar-refractivity contribution in [3.63, 3.8) is 0 Å². The van der Waals surface area contributed by atoms with Crippen LogP contribution in [0.3, 0.4) is 0 Å². The second-order valence-corrected chi connectivity index (χ2v) is 4.09. The molecule has 18 heavy (non-hydrogen) atoms. The largest absolute Gasteiger partial charge is 0.497 e. The van der Waals surface area contributed by atoms with Crippen molar-refractivity contribution < 1.29 is 4.74 Å². The van der Waals surface area contributed by atoms with E-state index in [0.29, 0.717) is 11.0 Å². The van der Waals surface area contributed by atoms with E-state index in [1.165, 1.54) is 0 Å². The smallest absolute Gasteiger partial charge is 0.135 e. The number of anilines is 2. The molecule has 0 aliphatic heterocycles. The average molecular weight is 264 g/mol. The Labute approximate surface area is 111 Å². The highest BCUT2D eigenvalue weighted by Gasteiger charge is 2.02. The first-order valence-corrected chi connectivity index (χ1v) is 6.03. The van der Waals surface area contributed by atoms with E-state index in [1.54, 1.807) is 13.2 Å². The Bertz CT molecular complexity index is 528. The average Bonchev–Trinajstić information content (AvgIpc) is 2.39. The summed E-state index contributed by atoms with van der Waals surface area (Å²) in [4.78, 5) is 8.47. The summed E-state index contributed by atoms with van der Waals surface area (Å²) in [5.74, 6) is 2.23. The minimum absolute atomic E-state index is 0.442.